The van der Waals surface area contributed by atoms with E-state index in [9.17, 15) is 19.5 Å². The minimum atomic E-state index is -1.13. The predicted molar refractivity (Wildman–Crippen MR) is 106 cm³/mol. The maximum absolute atomic E-state index is 12.9. The van der Waals surface area contributed by atoms with Gasteiger partial charge >= 0.3 is 5.97 Å². The van der Waals surface area contributed by atoms with E-state index >= 15 is 0 Å². The lowest BCUT2D eigenvalue weighted by Crippen LogP contribution is -2.35. The Kier molecular flexibility index (Phi) is 5.39. The number of carboxylic acid groups (broad SMARTS) is 1. The van der Waals surface area contributed by atoms with Gasteiger partial charge in [0.2, 0.25) is 0 Å². The van der Waals surface area contributed by atoms with Crippen molar-refractivity contribution in [1.29, 1.82) is 0 Å². The second-order valence-corrected chi connectivity index (χ2v) is 7.43. The molecule has 2 aromatic rings. The number of amides is 2. The third kappa shape index (κ3) is 3.60. The van der Waals surface area contributed by atoms with Crippen LogP contribution in [0.4, 0.5) is 0 Å². The predicted octanol–water partition coefficient (Wildman–Crippen LogP) is 3.22. The van der Waals surface area contributed by atoms with Crippen LogP contribution in [0.2, 0.25) is 0 Å². The summed E-state index contributed by atoms with van der Waals surface area (Å²) in [5, 5.41) is 9.45. The first kappa shape index (κ1) is 19.9. The van der Waals surface area contributed by atoms with E-state index in [0.717, 1.165) is 30.6 Å². The van der Waals surface area contributed by atoms with Crippen LogP contribution in [0.15, 0.2) is 36.5 Å². The van der Waals surface area contributed by atoms with Gasteiger partial charge in [0, 0.05) is 6.20 Å². The largest absolute Gasteiger partial charge is 0.493 e. The zero-order valence-electron chi connectivity index (χ0n) is 16.5. The molecule has 1 aliphatic heterocycles. The second-order valence-electron chi connectivity index (χ2n) is 7.43. The fourth-order valence-electron chi connectivity index (χ4n) is 4.07. The first-order chi connectivity index (χ1) is 14.5. The third-order valence-corrected chi connectivity index (χ3v) is 5.53. The number of aliphatic carboxylic acids is 1. The second kappa shape index (κ2) is 8.14. The smallest absolute Gasteiger partial charge is 0.305 e. The number of carbonyl (C=O) groups is 3. The molecule has 0 radical (unpaired) electrons. The monoisotopic (exact) mass is 410 g/mol. The fourth-order valence-corrected chi connectivity index (χ4v) is 4.07. The lowest BCUT2D eigenvalue weighted by atomic mass is 10.0. The van der Waals surface area contributed by atoms with Gasteiger partial charge in [-0.15, -0.1) is 0 Å². The number of nitrogens with zero attached hydrogens (tertiary/aromatic N) is 2. The molecule has 1 fully saturated rings. The van der Waals surface area contributed by atoms with Gasteiger partial charge in [0.1, 0.15) is 5.69 Å². The summed E-state index contributed by atoms with van der Waals surface area (Å²) in [7, 11) is 1.50. The van der Waals surface area contributed by atoms with Crippen molar-refractivity contribution in [2.45, 2.75) is 44.2 Å². The van der Waals surface area contributed by atoms with Crippen molar-refractivity contribution in [3.05, 3.63) is 53.3 Å². The number of ether oxygens (including phenoxy) is 2. The number of aromatic nitrogens is 1. The van der Waals surface area contributed by atoms with Gasteiger partial charge in [0.15, 0.2) is 11.5 Å². The van der Waals surface area contributed by atoms with E-state index in [1.54, 1.807) is 24.3 Å². The average molecular weight is 410 g/mol. The number of hydrogen-bond acceptors (Lipinski definition) is 6. The number of fused-ring (bicyclic) bond motifs is 1. The number of rotatable bonds is 7. The van der Waals surface area contributed by atoms with Crippen molar-refractivity contribution in [2.24, 2.45) is 0 Å². The molecule has 8 heteroatoms. The van der Waals surface area contributed by atoms with Crippen LogP contribution in [0.5, 0.6) is 11.5 Å². The Bertz CT molecular complexity index is 964. The molecular formula is C22H22N2O6. The summed E-state index contributed by atoms with van der Waals surface area (Å²) in [5.41, 5.74) is 0.680. The zero-order chi connectivity index (χ0) is 21.3. The molecule has 2 aliphatic rings. The summed E-state index contributed by atoms with van der Waals surface area (Å²) in [6.45, 7) is 0. The van der Waals surface area contributed by atoms with Gasteiger partial charge in [0.25, 0.3) is 11.8 Å². The van der Waals surface area contributed by atoms with Crippen LogP contribution in [-0.4, -0.2) is 46.0 Å². The number of hydrogen-bond donors (Lipinski definition) is 1. The molecule has 8 nitrogen and oxygen atoms in total. The molecule has 1 aromatic heterocycles. The van der Waals surface area contributed by atoms with Gasteiger partial charge in [-0.3, -0.25) is 24.3 Å². The van der Waals surface area contributed by atoms with Crippen molar-refractivity contribution in [3.8, 4) is 11.5 Å². The van der Waals surface area contributed by atoms with E-state index < -0.39 is 30.2 Å². The highest BCUT2D eigenvalue weighted by Gasteiger charge is 2.42. The topological polar surface area (TPSA) is 106 Å². The van der Waals surface area contributed by atoms with Crippen molar-refractivity contribution in [3.63, 3.8) is 0 Å². The average Bonchev–Trinajstić information content (AvgIpc) is 3.34. The molecule has 0 spiro atoms. The van der Waals surface area contributed by atoms with E-state index in [0.29, 0.717) is 17.1 Å². The molecule has 1 N–H and O–H groups in total. The van der Waals surface area contributed by atoms with Crippen LogP contribution in [0.25, 0.3) is 0 Å². The summed E-state index contributed by atoms with van der Waals surface area (Å²) in [6, 6.07) is 7.10. The van der Waals surface area contributed by atoms with Crippen molar-refractivity contribution < 1.29 is 29.0 Å². The highest BCUT2D eigenvalue weighted by molar-refractivity contribution is 6.20. The molecule has 1 atom stereocenters. The Balaban J connectivity index is 1.68. The fraction of sp³-hybridized carbons (Fsp3) is 0.364. The number of benzene rings is 1. The van der Waals surface area contributed by atoms with Crippen LogP contribution in [0.3, 0.4) is 0 Å². The van der Waals surface area contributed by atoms with Crippen LogP contribution in [-0.2, 0) is 4.79 Å². The van der Waals surface area contributed by atoms with Gasteiger partial charge < -0.3 is 14.6 Å². The SMILES string of the molecule is COc1cc(C(CC(=O)O)N2C(=O)c3cccnc3C2=O)ccc1OC1CCCC1. The minimum Gasteiger partial charge on any atom is -0.493 e. The van der Waals surface area contributed by atoms with Gasteiger partial charge in [-0.1, -0.05) is 6.07 Å². The lowest BCUT2D eigenvalue weighted by molar-refractivity contribution is -0.138. The summed E-state index contributed by atoms with van der Waals surface area (Å²) in [5.74, 6) is -1.29. The van der Waals surface area contributed by atoms with Crippen LogP contribution in [0.1, 0.15) is 64.6 Å². The molecule has 0 bridgehead atoms. The maximum Gasteiger partial charge on any atom is 0.305 e. The Labute approximate surface area is 173 Å². The summed E-state index contributed by atoms with van der Waals surface area (Å²) < 4.78 is 11.5. The lowest BCUT2D eigenvalue weighted by Gasteiger charge is -2.26. The van der Waals surface area contributed by atoms with E-state index in [1.807, 2.05) is 0 Å². The van der Waals surface area contributed by atoms with Crippen LogP contribution >= 0.6 is 0 Å². The molecule has 30 heavy (non-hydrogen) atoms. The first-order valence-corrected chi connectivity index (χ1v) is 9.89. The van der Waals surface area contributed by atoms with Gasteiger partial charge in [0.05, 0.1) is 31.2 Å². The molecule has 0 saturated heterocycles. The van der Waals surface area contributed by atoms with E-state index in [1.165, 1.54) is 19.4 Å². The van der Waals surface area contributed by atoms with E-state index in [2.05, 4.69) is 4.98 Å². The molecule has 1 unspecified atom stereocenters. The van der Waals surface area contributed by atoms with E-state index in [-0.39, 0.29) is 17.4 Å². The molecule has 2 heterocycles. The molecule has 2 amide bonds. The van der Waals surface area contributed by atoms with Crippen LogP contribution in [0, 0.1) is 0 Å². The maximum atomic E-state index is 12.9. The molecule has 156 valence electrons. The Hall–Kier alpha value is -3.42. The molecule has 1 aliphatic carbocycles. The van der Waals surface area contributed by atoms with Crippen LogP contribution < -0.4 is 9.47 Å². The Morgan fingerprint density at radius 3 is 2.63 bits per heavy atom. The Morgan fingerprint density at radius 2 is 1.97 bits per heavy atom. The molecule has 4 rings (SSSR count). The quantitative estimate of drug-likeness (QED) is 0.699. The normalized spacial score (nSPS) is 17.2. The minimum absolute atomic E-state index is 0.0334. The van der Waals surface area contributed by atoms with Gasteiger partial charge in [-0.2, -0.15) is 0 Å². The van der Waals surface area contributed by atoms with Crippen molar-refractivity contribution in [1.82, 2.24) is 9.88 Å². The third-order valence-electron chi connectivity index (χ3n) is 5.53. The summed E-state index contributed by atoms with van der Waals surface area (Å²) in [4.78, 5) is 42.2. The Morgan fingerprint density at radius 1 is 1.20 bits per heavy atom. The number of imide groups is 1. The van der Waals surface area contributed by atoms with Crippen molar-refractivity contribution in [2.75, 3.05) is 7.11 Å². The highest BCUT2D eigenvalue weighted by atomic mass is 16.5. The molecule has 1 saturated carbocycles. The number of carboxylic acids is 1. The highest BCUT2D eigenvalue weighted by Crippen LogP contribution is 2.38. The summed E-state index contributed by atoms with van der Waals surface area (Å²) >= 11 is 0. The summed E-state index contributed by atoms with van der Waals surface area (Å²) in [6.07, 6.45) is 5.33. The van der Waals surface area contributed by atoms with E-state index in [4.69, 9.17) is 9.47 Å². The number of methoxy groups -OCH3 is 1. The van der Waals surface area contributed by atoms with Gasteiger partial charge in [-0.25, -0.2) is 0 Å². The first-order valence-electron chi connectivity index (χ1n) is 9.89. The molecular weight excluding hydrogens is 388 g/mol. The standard InChI is InChI=1S/C22H22N2O6/c1-29-18-11-13(8-9-17(18)30-14-5-2-3-6-14)16(12-19(25)26)24-21(27)15-7-4-10-23-20(15)22(24)28/h4,7-11,14,16H,2-3,5-6,12H2,1H3,(H,25,26). The zero-order valence-corrected chi connectivity index (χ0v) is 16.5. The van der Waals surface area contributed by atoms with Crippen molar-refractivity contribution >= 4 is 17.8 Å². The number of carbonyl (C=O) groups excluding carboxylic acids is 2. The number of pyridine rings is 1. The molecule has 1 aromatic carbocycles. The van der Waals surface area contributed by atoms with Gasteiger partial charge in [-0.05, 0) is 55.5 Å².